The van der Waals surface area contributed by atoms with Crippen molar-refractivity contribution >= 4 is 17.6 Å². The predicted molar refractivity (Wildman–Crippen MR) is 56.0 cm³/mol. The van der Waals surface area contributed by atoms with Crippen LogP contribution in [0.4, 0.5) is 0 Å². The van der Waals surface area contributed by atoms with E-state index in [0.29, 0.717) is 5.02 Å². The van der Waals surface area contributed by atoms with Crippen LogP contribution >= 0.6 is 11.6 Å². The minimum Gasteiger partial charge on any atom is -0.479 e. The van der Waals surface area contributed by atoms with Crippen LogP contribution in [0.15, 0.2) is 18.2 Å². The second-order valence-electron chi connectivity index (χ2n) is 3.23. The summed E-state index contributed by atoms with van der Waals surface area (Å²) in [6, 6.07) is 4.20. The van der Waals surface area contributed by atoms with E-state index in [1.165, 1.54) is 18.2 Å². The fraction of sp³-hybridized carbons (Fsp3) is 0.300. The second-order valence-corrected chi connectivity index (χ2v) is 3.67. The zero-order valence-corrected chi connectivity index (χ0v) is 8.92. The van der Waals surface area contributed by atoms with Crippen molar-refractivity contribution in [1.82, 2.24) is 0 Å². The van der Waals surface area contributed by atoms with Crippen molar-refractivity contribution in [1.29, 1.82) is 0 Å². The van der Waals surface area contributed by atoms with Crippen LogP contribution in [0, 0.1) is 0 Å². The monoisotopic (exact) mass is 246 g/mol. The van der Waals surface area contributed by atoms with E-state index in [0.717, 1.165) is 0 Å². The van der Waals surface area contributed by atoms with Gasteiger partial charge in [0.15, 0.2) is 6.10 Å². The highest BCUT2D eigenvalue weighted by molar-refractivity contribution is 6.30. The van der Waals surface area contributed by atoms with Crippen molar-refractivity contribution in [2.75, 3.05) is 0 Å². The van der Waals surface area contributed by atoms with E-state index in [1.807, 2.05) is 0 Å². The van der Waals surface area contributed by atoms with Gasteiger partial charge in [0.05, 0.1) is 6.61 Å². The summed E-state index contributed by atoms with van der Waals surface area (Å²) in [4.78, 5) is 10.5. The molecule has 0 aliphatic carbocycles. The lowest BCUT2D eigenvalue weighted by atomic mass is 9.99. The molecular formula is C10H11ClO5. The van der Waals surface area contributed by atoms with Crippen LogP contribution in [0.1, 0.15) is 17.2 Å². The van der Waals surface area contributed by atoms with Crippen LogP contribution in [0.2, 0.25) is 5.02 Å². The molecule has 0 spiro atoms. The Labute approximate surface area is 96.5 Å². The summed E-state index contributed by atoms with van der Waals surface area (Å²) in [6.45, 7) is -0.403. The van der Waals surface area contributed by atoms with Gasteiger partial charge in [-0.25, -0.2) is 4.79 Å². The number of hydrogen-bond acceptors (Lipinski definition) is 4. The molecule has 6 heteroatoms. The van der Waals surface area contributed by atoms with Crippen molar-refractivity contribution in [3.8, 4) is 0 Å². The first-order chi connectivity index (χ1) is 7.47. The Bertz CT molecular complexity index is 393. The van der Waals surface area contributed by atoms with E-state index >= 15 is 0 Å². The number of aliphatic hydroxyl groups excluding tert-OH is 3. The first kappa shape index (κ1) is 12.9. The highest BCUT2D eigenvalue weighted by Crippen LogP contribution is 2.24. The number of aliphatic hydroxyl groups is 3. The molecule has 1 rings (SSSR count). The van der Waals surface area contributed by atoms with Gasteiger partial charge in [-0.3, -0.25) is 0 Å². The molecule has 0 radical (unpaired) electrons. The molecule has 0 fully saturated rings. The Morgan fingerprint density at radius 3 is 2.50 bits per heavy atom. The van der Waals surface area contributed by atoms with Gasteiger partial charge >= 0.3 is 5.97 Å². The SMILES string of the molecule is O=C(O)C(O)C(O)c1ccc(Cl)cc1CO. The minimum absolute atomic E-state index is 0.141. The van der Waals surface area contributed by atoms with E-state index < -0.39 is 24.8 Å². The van der Waals surface area contributed by atoms with E-state index in [4.69, 9.17) is 21.8 Å². The molecule has 0 saturated carbocycles. The molecule has 2 atom stereocenters. The number of carbonyl (C=O) groups is 1. The fourth-order valence-corrected chi connectivity index (χ4v) is 1.50. The third-order valence-corrected chi connectivity index (χ3v) is 2.38. The Morgan fingerprint density at radius 1 is 1.38 bits per heavy atom. The molecule has 0 aliphatic rings. The summed E-state index contributed by atoms with van der Waals surface area (Å²) >= 11 is 5.67. The first-order valence-electron chi connectivity index (χ1n) is 4.45. The van der Waals surface area contributed by atoms with Gasteiger partial charge in [-0.1, -0.05) is 17.7 Å². The quantitative estimate of drug-likeness (QED) is 0.613. The van der Waals surface area contributed by atoms with Gasteiger partial charge in [0.1, 0.15) is 6.10 Å². The Morgan fingerprint density at radius 2 is 2.00 bits per heavy atom. The number of benzene rings is 1. The van der Waals surface area contributed by atoms with Crippen molar-refractivity contribution < 1.29 is 25.2 Å². The van der Waals surface area contributed by atoms with Crippen LogP contribution in [0.5, 0.6) is 0 Å². The van der Waals surface area contributed by atoms with Gasteiger partial charge < -0.3 is 20.4 Å². The summed E-state index contributed by atoms with van der Waals surface area (Å²) in [5.74, 6) is -1.54. The molecule has 0 amide bonds. The number of carboxylic acid groups (broad SMARTS) is 1. The summed E-state index contributed by atoms with van der Waals surface area (Å²) in [6.07, 6.45) is -3.54. The summed E-state index contributed by atoms with van der Waals surface area (Å²) in [7, 11) is 0. The number of halogens is 1. The molecule has 0 aliphatic heterocycles. The van der Waals surface area contributed by atoms with Crippen molar-refractivity contribution in [3.05, 3.63) is 34.3 Å². The van der Waals surface area contributed by atoms with Crippen molar-refractivity contribution in [2.24, 2.45) is 0 Å². The smallest absolute Gasteiger partial charge is 0.335 e. The second kappa shape index (κ2) is 5.27. The highest BCUT2D eigenvalue weighted by atomic mass is 35.5. The number of rotatable bonds is 4. The normalized spacial score (nSPS) is 14.5. The fourth-order valence-electron chi connectivity index (χ4n) is 1.30. The third kappa shape index (κ3) is 2.70. The molecule has 0 heterocycles. The van der Waals surface area contributed by atoms with Crippen LogP contribution in [-0.2, 0) is 11.4 Å². The summed E-state index contributed by atoms with van der Waals surface area (Å²) in [5, 5.41) is 36.6. The van der Waals surface area contributed by atoms with E-state index in [1.54, 1.807) is 0 Å². The van der Waals surface area contributed by atoms with E-state index in [2.05, 4.69) is 0 Å². The topological polar surface area (TPSA) is 98.0 Å². The van der Waals surface area contributed by atoms with Gasteiger partial charge in [-0.2, -0.15) is 0 Å². The maximum absolute atomic E-state index is 10.5. The van der Waals surface area contributed by atoms with E-state index in [-0.39, 0.29) is 11.1 Å². The molecule has 2 unspecified atom stereocenters. The zero-order chi connectivity index (χ0) is 12.3. The molecule has 88 valence electrons. The zero-order valence-electron chi connectivity index (χ0n) is 8.17. The van der Waals surface area contributed by atoms with Gasteiger partial charge in [0, 0.05) is 5.02 Å². The Balaban J connectivity index is 3.07. The Hall–Kier alpha value is -1.14. The molecule has 4 N–H and O–H groups in total. The minimum atomic E-state index is -1.94. The van der Waals surface area contributed by atoms with Crippen LogP contribution in [0.3, 0.4) is 0 Å². The molecule has 1 aromatic rings. The number of hydrogen-bond donors (Lipinski definition) is 4. The maximum atomic E-state index is 10.5. The van der Waals surface area contributed by atoms with Gasteiger partial charge in [0.2, 0.25) is 0 Å². The Kier molecular flexibility index (Phi) is 4.26. The molecule has 16 heavy (non-hydrogen) atoms. The average molecular weight is 247 g/mol. The third-order valence-electron chi connectivity index (χ3n) is 2.15. The van der Waals surface area contributed by atoms with Crippen LogP contribution < -0.4 is 0 Å². The lowest BCUT2D eigenvalue weighted by Crippen LogP contribution is -2.28. The summed E-state index contributed by atoms with van der Waals surface area (Å²) < 4.78 is 0. The molecule has 0 bridgehead atoms. The summed E-state index contributed by atoms with van der Waals surface area (Å²) in [5.41, 5.74) is 0.419. The molecule has 0 aromatic heterocycles. The predicted octanol–water partition coefficient (Wildman–Crippen LogP) is 0.311. The van der Waals surface area contributed by atoms with Gasteiger partial charge in [0.25, 0.3) is 0 Å². The van der Waals surface area contributed by atoms with Gasteiger partial charge in [-0.05, 0) is 23.3 Å². The van der Waals surface area contributed by atoms with Crippen LogP contribution in [-0.4, -0.2) is 32.5 Å². The molecular weight excluding hydrogens is 236 g/mol. The van der Waals surface area contributed by atoms with E-state index in [9.17, 15) is 15.0 Å². The maximum Gasteiger partial charge on any atom is 0.335 e. The largest absolute Gasteiger partial charge is 0.479 e. The standard InChI is InChI=1S/C10H11ClO5/c11-6-1-2-7(5(3-6)4-12)8(13)9(14)10(15)16/h1-3,8-9,12-14H,4H2,(H,15,16). The van der Waals surface area contributed by atoms with Crippen molar-refractivity contribution in [3.63, 3.8) is 0 Å². The first-order valence-corrected chi connectivity index (χ1v) is 4.83. The highest BCUT2D eigenvalue weighted by Gasteiger charge is 2.26. The molecule has 1 aromatic carbocycles. The number of carboxylic acids is 1. The lowest BCUT2D eigenvalue weighted by molar-refractivity contribution is -0.153. The van der Waals surface area contributed by atoms with Gasteiger partial charge in [-0.15, -0.1) is 0 Å². The molecule has 0 saturated heterocycles. The average Bonchev–Trinajstić information content (AvgIpc) is 2.26. The molecule has 5 nitrogen and oxygen atoms in total. The van der Waals surface area contributed by atoms with Crippen LogP contribution in [0.25, 0.3) is 0 Å². The number of aliphatic carboxylic acids is 1. The van der Waals surface area contributed by atoms with Crippen molar-refractivity contribution in [2.45, 2.75) is 18.8 Å². The lowest BCUT2D eigenvalue weighted by Gasteiger charge is -2.17.